The topological polar surface area (TPSA) is 92.3 Å². The fourth-order valence-electron chi connectivity index (χ4n) is 3.81. The Balaban J connectivity index is 1.43. The summed E-state index contributed by atoms with van der Waals surface area (Å²) in [7, 11) is 3.16. The Kier molecular flexibility index (Phi) is 6.73. The summed E-state index contributed by atoms with van der Waals surface area (Å²) in [5, 5.41) is 5.28. The van der Waals surface area contributed by atoms with Gasteiger partial charge in [-0.25, -0.2) is 4.98 Å². The highest BCUT2D eigenvalue weighted by molar-refractivity contribution is 7.98. The second-order valence-corrected chi connectivity index (χ2v) is 9.10. The number of aryl methyl sites for hydroxylation is 1. The molecule has 0 aliphatic rings. The number of nitrogens with zero attached hydrogens (tertiary/aromatic N) is 4. The van der Waals surface area contributed by atoms with E-state index >= 15 is 0 Å². The van der Waals surface area contributed by atoms with Crippen molar-refractivity contribution < 1.29 is 14.0 Å². The summed E-state index contributed by atoms with van der Waals surface area (Å²) in [6.07, 6.45) is 0. The Hall–Kier alpha value is -4.11. The van der Waals surface area contributed by atoms with Gasteiger partial charge in [-0.05, 0) is 42.8 Å². The van der Waals surface area contributed by atoms with E-state index in [1.807, 2.05) is 55.5 Å². The van der Waals surface area contributed by atoms with Crippen molar-refractivity contribution >= 4 is 22.7 Å². The predicted octanol–water partition coefficient (Wildman–Crippen LogP) is 5.11. The van der Waals surface area contributed by atoms with Gasteiger partial charge in [-0.2, -0.15) is 4.98 Å². The van der Waals surface area contributed by atoms with E-state index in [0.29, 0.717) is 51.6 Å². The molecule has 5 rings (SSSR count). The monoisotopic (exact) mass is 500 g/mol. The number of ether oxygens (including phenoxy) is 2. The van der Waals surface area contributed by atoms with Gasteiger partial charge < -0.3 is 14.0 Å². The molecule has 2 heterocycles. The zero-order valence-corrected chi connectivity index (χ0v) is 20.9. The zero-order chi connectivity index (χ0) is 25.1. The number of benzene rings is 3. The number of thioether (sulfide) groups is 1. The number of hydrogen-bond acceptors (Lipinski definition) is 8. The van der Waals surface area contributed by atoms with Gasteiger partial charge in [0.1, 0.15) is 0 Å². The molecule has 0 unspecified atom stereocenters. The van der Waals surface area contributed by atoms with Crippen molar-refractivity contribution in [2.45, 2.75) is 24.4 Å². The Morgan fingerprint density at radius 3 is 2.50 bits per heavy atom. The highest BCUT2D eigenvalue weighted by Crippen LogP contribution is 2.31. The van der Waals surface area contributed by atoms with Crippen LogP contribution in [0.1, 0.15) is 17.0 Å². The first kappa shape index (κ1) is 23.6. The maximum Gasteiger partial charge on any atom is 0.262 e. The predicted molar refractivity (Wildman–Crippen MR) is 139 cm³/mol. The van der Waals surface area contributed by atoms with Crippen molar-refractivity contribution in [3.8, 4) is 22.9 Å². The van der Waals surface area contributed by atoms with Gasteiger partial charge in [0.25, 0.3) is 5.56 Å². The smallest absolute Gasteiger partial charge is 0.262 e. The molecule has 0 aliphatic carbocycles. The van der Waals surface area contributed by atoms with Crippen molar-refractivity contribution in [2.24, 2.45) is 0 Å². The number of rotatable bonds is 8. The first-order chi connectivity index (χ1) is 17.6. The molecular weight excluding hydrogens is 476 g/mol. The summed E-state index contributed by atoms with van der Waals surface area (Å²) < 4.78 is 17.9. The first-order valence-corrected chi connectivity index (χ1v) is 12.3. The lowest BCUT2D eigenvalue weighted by Crippen LogP contribution is -2.24. The number of fused-ring (bicyclic) bond motifs is 1. The molecular formula is C27H24N4O4S. The maximum absolute atomic E-state index is 13.4. The fraction of sp³-hybridized carbons (Fsp3) is 0.185. The van der Waals surface area contributed by atoms with E-state index in [2.05, 4.69) is 10.1 Å². The Morgan fingerprint density at radius 2 is 1.72 bits per heavy atom. The van der Waals surface area contributed by atoms with Crippen molar-refractivity contribution in [2.75, 3.05) is 14.2 Å². The van der Waals surface area contributed by atoms with E-state index in [9.17, 15) is 4.79 Å². The Bertz CT molecular complexity index is 1580. The molecule has 0 radical (unpaired) electrons. The van der Waals surface area contributed by atoms with Gasteiger partial charge in [0.2, 0.25) is 11.7 Å². The van der Waals surface area contributed by atoms with E-state index in [0.717, 1.165) is 11.1 Å². The molecule has 2 aromatic heterocycles. The van der Waals surface area contributed by atoms with Gasteiger partial charge in [0.05, 0.1) is 37.4 Å². The molecule has 9 heteroatoms. The van der Waals surface area contributed by atoms with Crippen LogP contribution < -0.4 is 15.0 Å². The third-order valence-corrected chi connectivity index (χ3v) is 6.68. The minimum atomic E-state index is -0.0831. The number of aromatic nitrogens is 4. The Morgan fingerprint density at radius 1 is 0.944 bits per heavy atom. The van der Waals surface area contributed by atoms with Crippen LogP contribution in [0.4, 0.5) is 0 Å². The van der Waals surface area contributed by atoms with Crippen molar-refractivity contribution in [3.05, 3.63) is 94.1 Å². The van der Waals surface area contributed by atoms with Crippen LogP contribution >= 0.6 is 11.8 Å². The molecule has 182 valence electrons. The van der Waals surface area contributed by atoms with Gasteiger partial charge in [0.15, 0.2) is 16.7 Å². The molecule has 0 aliphatic heterocycles. The quantitative estimate of drug-likeness (QED) is 0.214. The van der Waals surface area contributed by atoms with Crippen LogP contribution in [0.25, 0.3) is 22.3 Å². The molecule has 0 spiro atoms. The zero-order valence-electron chi connectivity index (χ0n) is 20.1. The van der Waals surface area contributed by atoms with Crippen LogP contribution in [0, 0.1) is 6.92 Å². The summed E-state index contributed by atoms with van der Waals surface area (Å²) in [5.74, 6) is 2.42. The fourth-order valence-corrected chi connectivity index (χ4v) is 4.64. The molecule has 0 atom stereocenters. The lowest BCUT2D eigenvalue weighted by molar-refractivity contribution is 0.355. The van der Waals surface area contributed by atoms with Gasteiger partial charge in [-0.1, -0.05) is 58.9 Å². The molecule has 0 bridgehead atoms. The van der Waals surface area contributed by atoms with Crippen LogP contribution in [-0.2, 0) is 12.3 Å². The van der Waals surface area contributed by atoms with Gasteiger partial charge in [0, 0.05) is 5.56 Å². The normalized spacial score (nSPS) is 11.1. The Labute approximate surface area is 211 Å². The molecule has 0 saturated heterocycles. The molecule has 0 N–H and O–H groups in total. The molecule has 0 amide bonds. The minimum Gasteiger partial charge on any atom is -0.493 e. The van der Waals surface area contributed by atoms with E-state index < -0.39 is 0 Å². The van der Waals surface area contributed by atoms with E-state index in [4.69, 9.17) is 19.0 Å². The highest BCUT2D eigenvalue weighted by Gasteiger charge is 2.16. The lowest BCUT2D eigenvalue weighted by atomic mass is 10.1. The van der Waals surface area contributed by atoms with Crippen LogP contribution in [-0.4, -0.2) is 33.9 Å². The van der Waals surface area contributed by atoms with Gasteiger partial charge in [-0.15, -0.1) is 0 Å². The highest BCUT2D eigenvalue weighted by atomic mass is 32.2. The average Bonchev–Trinajstić information content (AvgIpc) is 3.39. The number of methoxy groups -OCH3 is 2. The summed E-state index contributed by atoms with van der Waals surface area (Å²) in [6, 6.07) is 20.9. The third kappa shape index (κ3) is 4.83. The molecule has 3 aromatic carbocycles. The molecule has 0 saturated carbocycles. The average molecular weight is 501 g/mol. The second kappa shape index (κ2) is 10.2. The van der Waals surface area contributed by atoms with Gasteiger partial charge in [-0.3, -0.25) is 9.36 Å². The summed E-state index contributed by atoms with van der Waals surface area (Å²) in [5.41, 5.74) is 3.50. The largest absolute Gasteiger partial charge is 0.493 e. The first-order valence-electron chi connectivity index (χ1n) is 11.3. The lowest BCUT2D eigenvalue weighted by Gasteiger charge is -2.13. The van der Waals surface area contributed by atoms with Crippen LogP contribution in [0.3, 0.4) is 0 Å². The van der Waals surface area contributed by atoms with Crippen molar-refractivity contribution in [1.82, 2.24) is 19.7 Å². The van der Waals surface area contributed by atoms with Crippen molar-refractivity contribution in [3.63, 3.8) is 0 Å². The molecule has 5 aromatic rings. The molecule has 0 fully saturated rings. The number of para-hydroxylation sites is 1. The SMILES string of the molecule is COc1ccc(-c2noc(CSc3nc4ccccc4c(=O)n3Cc3ccc(C)cc3)n2)cc1OC. The molecule has 36 heavy (non-hydrogen) atoms. The van der Waals surface area contributed by atoms with Crippen LogP contribution in [0.15, 0.2) is 81.2 Å². The standard InChI is InChI=1S/C27H24N4O4S/c1-17-8-10-18(11-9-17)15-31-26(32)20-6-4-5-7-21(20)28-27(31)36-16-24-29-25(30-35-24)19-12-13-22(33-2)23(14-19)34-3/h4-14H,15-16H2,1-3H3. The summed E-state index contributed by atoms with van der Waals surface area (Å²) in [6.45, 7) is 2.45. The van der Waals surface area contributed by atoms with E-state index in [1.165, 1.54) is 17.3 Å². The van der Waals surface area contributed by atoms with Crippen LogP contribution in [0.5, 0.6) is 11.5 Å². The van der Waals surface area contributed by atoms with Crippen molar-refractivity contribution in [1.29, 1.82) is 0 Å². The summed E-state index contributed by atoms with van der Waals surface area (Å²) in [4.78, 5) is 22.7. The van der Waals surface area contributed by atoms with Crippen LogP contribution in [0.2, 0.25) is 0 Å². The van der Waals surface area contributed by atoms with Gasteiger partial charge >= 0.3 is 0 Å². The second-order valence-electron chi connectivity index (χ2n) is 8.16. The molecule has 8 nitrogen and oxygen atoms in total. The minimum absolute atomic E-state index is 0.0831. The third-order valence-electron chi connectivity index (χ3n) is 5.72. The maximum atomic E-state index is 13.4. The van der Waals surface area contributed by atoms with E-state index in [1.54, 1.807) is 37.0 Å². The number of hydrogen-bond donors (Lipinski definition) is 0. The summed E-state index contributed by atoms with van der Waals surface area (Å²) >= 11 is 1.38. The van der Waals surface area contributed by atoms with E-state index in [-0.39, 0.29) is 5.56 Å².